The predicted molar refractivity (Wildman–Crippen MR) is 406 cm³/mol. The van der Waals surface area contributed by atoms with Gasteiger partial charge in [-0.1, -0.05) is 126 Å². The maximum Gasteiger partial charge on any atom is 0.346 e. The molecular weight excluding hydrogens is 1440 g/mol. The zero-order valence-corrected chi connectivity index (χ0v) is 62.4. The first-order chi connectivity index (χ1) is 54.5. The molecule has 8 aromatic carbocycles. The molecule has 592 valence electrons. The number of benzene rings is 8. The van der Waals surface area contributed by atoms with Gasteiger partial charge in [0, 0.05) is 92.4 Å². The SMILES string of the molecule is O=C(COc1ccc(C2c3cc(c(O)cc3O)C(c3ccc(OCC(=O)OCOC4CCCCC4)cc3)c3cc(c(O)cc3O)C(c3ccc(OCC(=O)OCOC4CCCCC4)cc3)c3cc(c(O)cc3O)C(c3ccc(OCC(=O)OCOC4CCCCC4)cc3)c3cc2c(O)cc3O)cc1)OCOC1CCCCC1. The van der Waals surface area contributed by atoms with Gasteiger partial charge >= 0.3 is 23.9 Å². The van der Waals surface area contributed by atoms with Crippen molar-refractivity contribution in [3.8, 4) is 69.0 Å². The van der Waals surface area contributed by atoms with Crippen LogP contribution in [0.5, 0.6) is 69.0 Å². The van der Waals surface area contributed by atoms with E-state index in [1.165, 1.54) is 24.3 Å². The number of ether oxygens (including phenoxy) is 12. The lowest BCUT2D eigenvalue weighted by atomic mass is 9.75. The van der Waals surface area contributed by atoms with Gasteiger partial charge in [-0.15, -0.1) is 0 Å². The molecule has 0 aromatic heterocycles. The highest BCUT2D eigenvalue weighted by Crippen LogP contribution is 2.54. The largest absolute Gasteiger partial charge is 0.507 e. The van der Waals surface area contributed by atoms with Gasteiger partial charge in [0.05, 0.1) is 24.4 Å². The number of rotatable bonds is 28. The summed E-state index contributed by atoms with van der Waals surface area (Å²) in [6, 6.07) is 36.1. The molecule has 0 atom stereocenters. The van der Waals surface area contributed by atoms with Gasteiger partial charge in [-0.3, -0.25) is 0 Å². The smallest absolute Gasteiger partial charge is 0.346 e. The second kappa shape index (κ2) is 37.9. The number of esters is 4. The molecular formula is C88H96O24. The number of aromatic hydroxyl groups is 8. The molecule has 0 radical (unpaired) electrons. The van der Waals surface area contributed by atoms with E-state index in [0.29, 0.717) is 22.3 Å². The molecule has 0 saturated heterocycles. The maximum atomic E-state index is 13.0. The van der Waals surface area contributed by atoms with Crippen molar-refractivity contribution in [3.05, 3.63) is 212 Å². The topological polar surface area (TPSA) is 341 Å². The van der Waals surface area contributed by atoms with Crippen molar-refractivity contribution in [1.29, 1.82) is 0 Å². The Kier molecular flexibility index (Phi) is 26.8. The van der Waals surface area contributed by atoms with Crippen LogP contribution in [-0.2, 0) is 57.1 Å². The first-order valence-corrected chi connectivity index (χ1v) is 38.7. The second-order valence-electron chi connectivity index (χ2n) is 29.3. The summed E-state index contributed by atoms with van der Waals surface area (Å²) in [5.74, 6) is -10.8. The molecule has 4 saturated carbocycles. The van der Waals surface area contributed by atoms with E-state index in [4.69, 9.17) is 56.8 Å². The fourth-order valence-corrected chi connectivity index (χ4v) is 15.9. The fourth-order valence-electron chi connectivity index (χ4n) is 15.9. The summed E-state index contributed by atoms with van der Waals surface area (Å²) in [6.07, 6.45) is 19.8. The zero-order valence-electron chi connectivity index (χ0n) is 62.4. The van der Waals surface area contributed by atoms with Crippen LogP contribution in [0.1, 0.15) is 219 Å². The highest BCUT2D eigenvalue weighted by molar-refractivity contribution is 5.73. The van der Waals surface area contributed by atoms with Gasteiger partial charge in [0.1, 0.15) is 69.0 Å². The van der Waals surface area contributed by atoms with Gasteiger partial charge < -0.3 is 97.7 Å². The van der Waals surface area contributed by atoms with Gasteiger partial charge in [-0.05, 0) is 146 Å². The van der Waals surface area contributed by atoms with E-state index in [1.54, 1.807) is 97.1 Å². The van der Waals surface area contributed by atoms with E-state index in [0.717, 1.165) is 153 Å². The Labute approximate surface area is 649 Å². The van der Waals surface area contributed by atoms with Crippen LogP contribution in [0.15, 0.2) is 146 Å². The minimum Gasteiger partial charge on any atom is -0.507 e. The number of phenols is 8. The van der Waals surface area contributed by atoms with Gasteiger partial charge in [0.25, 0.3) is 0 Å². The Bertz CT molecular complexity index is 3830. The first-order valence-electron chi connectivity index (χ1n) is 38.7. The van der Waals surface area contributed by atoms with E-state index < -0.39 is 120 Å². The van der Waals surface area contributed by atoms with Crippen LogP contribution in [0.3, 0.4) is 0 Å². The molecule has 0 amide bonds. The van der Waals surface area contributed by atoms with E-state index >= 15 is 0 Å². The molecule has 8 bridgehead atoms. The molecule has 5 aliphatic rings. The molecule has 24 heteroatoms. The minimum absolute atomic E-state index is 0.00420. The van der Waals surface area contributed by atoms with Crippen LogP contribution < -0.4 is 18.9 Å². The van der Waals surface area contributed by atoms with Crippen molar-refractivity contribution in [2.75, 3.05) is 53.6 Å². The maximum absolute atomic E-state index is 13.0. The highest BCUT2D eigenvalue weighted by Gasteiger charge is 2.36. The molecule has 5 aliphatic carbocycles. The number of hydrogen-bond acceptors (Lipinski definition) is 24. The van der Waals surface area contributed by atoms with Crippen LogP contribution in [0.4, 0.5) is 0 Å². The van der Waals surface area contributed by atoms with Crippen molar-refractivity contribution in [3.63, 3.8) is 0 Å². The van der Waals surface area contributed by atoms with Crippen LogP contribution >= 0.6 is 0 Å². The third-order valence-corrected chi connectivity index (χ3v) is 21.8. The third-order valence-electron chi connectivity index (χ3n) is 21.8. The number of carbonyl (C=O) groups excluding carboxylic acids is 4. The van der Waals surface area contributed by atoms with E-state index in [1.807, 2.05) is 0 Å². The van der Waals surface area contributed by atoms with Gasteiger partial charge in [-0.25, -0.2) is 19.2 Å². The monoisotopic (exact) mass is 1540 g/mol. The van der Waals surface area contributed by atoms with Crippen molar-refractivity contribution >= 4 is 23.9 Å². The molecule has 4 fully saturated rings. The Hall–Kier alpha value is -10.9. The average Bonchev–Trinajstić information content (AvgIpc) is 0.740. The minimum atomic E-state index is -1.27. The normalized spacial score (nSPS) is 18.4. The summed E-state index contributed by atoms with van der Waals surface area (Å²) in [7, 11) is 0. The third kappa shape index (κ3) is 20.2. The summed E-state index contributed by atoms with van der Waals surface area (Å²) < 4.78 is 68.5. The molecule has 8 N–H and O–H groups in total. The van der Waals surface area contributed by atoms with E-state index in [-0.39, 0.29) is 119 Å². The molecule has 112 heavy (non-hydrogen) atoms. The van der Waals surface area contributed by atoms with Gasteiger partial charge in [0.15, 0.2) is 53.6 Å². The van der Waals surface area contributed by atoms with E-state index in [9.17, 15) is 60.0 Å². The van der Waals surface area contributed by atoms with Crippen molar-refractivity contribution in [1.82, 2.24) is 0 Å². The lowest BCUT2D eigenvalue weighted by molar-refractivity contribution is -0.165. The summed E-state index contributed by atoms with van der Waals surface area (Å²) in [5.41, 5.74) is 1.84. The summed E-state index contributed by atoms with van der Waals surface area (Å²) in [5, 5.41) is 101. The first kappa shape index (κ1) is 79.2. The molecule has 24 nitrogen and oxygen atoms in total. The standard InChI is InChI=1S/C88H96O24/c89-73-41-75(91)67-37-65(73)85(53-21-29-61(30-22-53)101-45-81(97)109-49-105-57-13-5-1-6-14-57)66-38-68(76(92)42-74(66)90)87(55-25-33-63(34-26-55)103-47-83(99)111-51-107-59-17-9-3-10-18-59)70-40-72(80(96)44-78(70)94)88(56-27-35-64(36-28-56)104-48-84(100)112-52-108-60-19-11-4-12-20-60)71-39-69(77(93)43-79(71)95)86(67)54-23-31-62(32-24-54)102-46-82(98)110-50-106-58-15-7-2-8-16-58/h21-44,57-60,85-96H,1-20,45-52H2. The van der Waals surface area contributed by atoms with Crippen LogP contribution in [0, 0.1) is 0 Å². The summed E-state index contributed by atoms with van der Waals surface area (Å²) >= 11 is 0. The lowest BCUT2D eigenvalue weighted by Gasteiger charge is -2.30. The summed E-state index contributed by atoms with van der Waals surface area (Å²) in [6.45, 7) is -2.87. The van der Waals surface area contributed by atoms with Crippen LogP contribution in [-0.4, -0.2) is 143 Å². The van der Waals surface area contributed by atoms with Crippen molar-refractivity contribution in [2.24, 2.45) is 0 Å². The fraction of sp³-hybridized carbons (Fsp3) is 0.409. The summed E-state index contributed by atoms with van der Waals surface area (Å²) in [4.78, 5) is 52.1. The number of hydrogen-bond donors (Lipinski definition) is 8. The predicted octanol–water partition coefficient (Wildman–Crippen LogP) is 15.3. The molecule has 0 spiro atoms. The molecule has 0 unspecified atom stereocenters. The van der Waals surface area contributed by atoms with Crippen LogP contribution in [0.2, 0.25) is 0 Å². The van der Waals surface area contributed by atoms with Gasteiger partial charge in [-0.2, -0.15) is 0 Å². The molecule has 0 aliphatic heterocycles. The number of fused-ring (bicyclic) bond motifs is 8. The highest BCUT2D eigenvalue weighted by atomic mass is 16.7. The van der Waals surface area contributed by atoms with Crippen molar-refractivity contribution < 1.29 is 117 Å². The Morgan fingerprint density at radius 1 is 0.241 bits per heavy atom. The number of carbonyl (C=O) groups is 4. The Morgan fingerprint density at radius 3 is 0.580 bits per heavy atom. The Morgan fingerprint density at radius 2 is 0.411 bits per heavy atom. The number of phenolic OH excluding ortho intramolecular Hbond substituents is 8. The van der Waals surface area contributed by atoms with Crippen LogP contribution in [0.25, 0.3) is 0 Å². The molecule has 0 heterocycles. The Balaban J connectivity index is 0.924. The molecule has 13 rings (SSSR count). The van der Waals surface area contributed by atoms with Crippen molar-refractivity contribution in [2.45, 2.75) is 177 Å². The lowest BCUT2D eigenvalue weighted by Crippen LogP contribution is -2.22. The molecule has 8 aromatic rings. The average molecular weight is 1540 g/mol. The zero-order chi connectivity index (χ0) is 78.0. The quantitative estimate of drug-likeness (QED) is 0.0128. The van der Waals surface area contributed by atoms with E-state index in [2.05, 4.69) is 0 Å². The second-order valence-corrected chi connectivity index (χ2v) is 29.3. The van der Waals surface area contributed by atoms with Gasteiger partial charge in [0.2, 0.25) is 0 Å².